The van der Waals surface area contributed by atoms with Crippen LogP contribution in [-0.4, -0.2) is 49.2 Å². The summed E-state index contributed by atoms with van der Waals surface area (Å²) in [6.45, 7) is 4.37. The minimum Gasteiger partial charge on any atom is -0.381 e. The second-order valence-corrected chi connectivity index (χ2v) is 6.34. The van der Waals surface area contributed by atoms with Gasteiger partial charge in [-0.3, -0.25) is 4.79 Å². The molecule has 4 heteroatoms. The van der Waals surface area contributed by atoms with E-state index in [0.717, 1.165) is 45.7 Å². The highest BCUT2D eigenvalue weighted by atomic mass is 16.5. The van der Waals surface area contributed by atoms with Crippen molar-refractivity contribution in [1.82, 2.24) is 10.2 Å². The van der Waals surface area contributed by atoms with Crippen molar-refractivity contribution in [3.05, 3.63) is 0 Å². The molecule has 2 saturated heterocycles. The van der Waals surface area contributed by atoms with Crippen molar-refractivity contribution in [2.45, 2.75) is 50.5 Å². The molecule has 0 atom stereocenters. The van der Waals surface area contributed by atoms with E-state index in [1.807, 2.05) is 0 Å². The number of piperazine rings is 1. The third-order valence-corrected chi connectivity index (χ3v) is 5.16. The zero-order chi connectivity index (χ0) is 13.1. The third kappa shape index (κ3) is 2.65. The zero-order valence-corrected chi connectivity index (χ0v) is 11.8. The summed E-state index contributed by atoms with van der Waals surface area (Å²) in [4.78, 5) is 15.1. The van der Waals surface area contributed by atoms with Gasteiger partial charge in [-0.05, 0) is 25.7 Å². The highest BCUT2D eigenvalue weighted by Gasteiger charge is 2.43. The molecular weight excluding hydrogens is 240 g/mol. The average Bonchev–Trinajstić information content (AvgIpc) is 2.49. The first-order valence-corrected chi connectivity index (χ1v) is 7.92. The van der Waals surface area contributed by atoms with Crippen molar-refractivity contribution in [3.63, 3.8) is 0 Å². The Morgan fingerprint density at radius 1 is 1.16 bits per heavy atom. The van der Waals surface area contributed by atoms with Crippen molar-refractivity contribution < 1.29 is 9.53 Å². The fourth-order valence-corrected chi connectivity index (χ4v) is 4.01. The Hall–Kier alpha value is -0.610. The van der Waals surface area contributed by atoms with E-state index in [0.29, 0.717) is 5.91 Å². The molecule has 0 aromatic carbocycles. The van der Waals surface area contributed by atoms with Crippen LogP contribution in [0.15, 0.2) is 0 Å². The van der Waals surface area contributed by atoms with E-state index in [-0.39, 0.29) is 11.5 Å². The normalized spacial score (nSPS) is 28.5. The van der Waals surface area contributed by atoms with Crippen molar-refractivity contribution in [1.29, 1.82) is 0 Å². The van der Waals surface area contributed by atoms with Gasteiger partial charge in [-0.15, -0.1) is 0 Å². The van der Waals surface area contributed by atoms with Gasteiger partial charge >= 0.3 is 0 Å². The van der Waals surface area contributed by atoms with Crippen LogP contribution in [0, 0.1) is 5.92 Å². The molecule has 0 aromatic rings. The molecule has 2 heterocycles. The Labute approximate surface area is 115 Å². The maximum atomic E-state index is 12.9. The lowest BCUT2D eigenvalue weighted by molar-refractivity contribution is -0.148. The van der Waals surface area contributed by atoms with Crippen LogP contribution < -0.4 is 5.32 Å². The maximum absolute atomic E-state index is 12.9. The van der Waals surface area contributed by atoms with E-state index in [1.54, 1.807) is 0 Å². The maximum Gasteiger partial charge on any atom is 0.226 e. The molecule has 0 aromatic heterocycles. The quantitative estimate of drug-likeness (QED) is 0.783. The van der Waals surface area contributed by atoms with Gasteiger partial charge in [0.05, 0.1) is 5.54 Å². The first kappa shape index (κ1) is 13.4. The summed E-state index contributed by atoms with van der Waals surface area (Å²) in [5.41, 5.74) is 0.131. The van der Waals surface area contributed by atoms with Crippen LogP contribution in [0.2, 0.25) is 0 Å². The van der Waals surface area contributed by atoms with Gasteiger partial charge in [-0.2, -0.15) is 0 Å². The first-order valence-electron chi connectivity index (χ1n) is 7.92. The van der Waals surface area contributed by atoms with E-state index >= 15 is 0 Å². The number of nitrogens with zero attached hydrogens (tertiary/aromatic N) is 1. The smallest absolute Gasteiger partial charge is 0.226 e. The average molecular weight is 266 g/mol. The molecule has 1 N–H and O–H groups in total. The van der Waals surface area contributed by atoms with Crippen LogP contribution in [0.3, 0.4) is 0 Å². The van der Waals surface area contributed by atoms with Crippen LogP contribution in [0.1, 0.15) is 44.9 Å². The topological polar surface area (TPSA) is 41.6 Å². The Balaban J connectivity index is 1.73. The van der Waals surface area contributed by atoms with E-state index in [2.05, 4.69) is 10.2 Å². The summed E-state index contributed by atoms with van der Waals surface area (Å²) in [5, 5.41) is 3.51. The summed E-state index contributed by atoms with van der Waals surface area (Å²) >= 11 is 0. The second kappa shape index (κ2) is 5.80. The van der Waals surface area contributed by atoms with Crippen molar-refractivity contribution in [2.24, 2.45) is 5.92 Å². The van der Waals surface area contributed by atoms with E-state index in [4.69, 9.17) is 4.74 Å². The van der Waals surface area contributed by atoms with Gasteiger partial charge < -0.3 is 15.0 Å². The highest BCUT2D eigenvalue weighted by Crippen LogP contribution is 2.36. The number of ether oxygens (including phenoxy) is 1. The van der Waals surface area contributed by atoms with Gasteiger partial charge in [0, 0.05) is 38.8 Å². The predicted molar refractivity (Wildman–Crippen MR) is 73.9 cm³/mol. The molecule has 4 nitrogen and oxygen atoms in total. The summed E-state index contributed by atoms with van der Waals surface area (Å²) < 4.78 is 5.39. The SMILES string of the molecule is O=C(C1CCOCC1)N1CCNCC12CCCCC2. The molecule has 1 aliphatic carbocycles. The third-order valence-electron chi connectivity index (χ3n) is 5.16. The fraction of sp³-hybridized carbons (Fsp3) is 0.933. The lowest BCUT2D eigenvalue weighted by atomic mass is 9.78. The van der Waals surface area contributed by atoms with Crippen molar-refractivity contribution >= 4 is 5.91 Å². The van der Waals surface area contributed by atoms with Gasteiger partial charge in [-0.25, -0.2) is 0 Å². The standard InChI is InChI=1S/C15H26N2O2/c18-14(13-4-10-19-11-5-13)17-9-8-16-12-15(17)6-2-1-3-7-15/h13,16H,1-12H2. The molecule has 0 radical (unpaired) electrons. The van der Waals surface area contributed by atoms with Gasteiger partial charge in [0.15, 0.2) is 0 Å². The number of nitrogens with one attached hydrogen (secondary N) is 1. The van der Waals surface area contributed by atoms with Gasteiger partial charge in [0.2, 0.25) is 5.91 Å². The van der Waals surface area contributed by atoms with Crippen molar-refractivity contribution in [3.8, 4) is 0 Å². The lowest BCUT2D eigenvalue weighted by Gasteiger charge is -2.51. The number of carbonyl (C=O) groups is 1. The molecular formula is C15H26N2O2. The molecule has 2 aliphatic heterocycles. The highest BCUT2D eigenvalue weighted by molar-refractivity contribution is 5.80. The minimum atomic E-state index is 0.131. The summed E-state index contributed by atoms with van der Waals surface area (Å²) in [6, 6.07) is 0. The van der Waals surface area contributed by atoms with Gasteiger partial charge in [0.25, 0.3) is 0 Å². The molecule has 1 amide bonds. The Morgan fingerprint density at radius 2 is 1.89 bits per heavy atom. The molecule has 108 valence electrons. The van der Waals surface area contributed by atoms with Crippen LogP contribution >= 0.6 is 0 Å². The summed E-state index contributed by atoms with van der Waals surface area (Å²) in [6.07, 6.45) is 8.10. The molecule has 0 bridgehead atoms. The molecule has 19 heavy (non-hydrogen) atoms. The second-order valence-electron chi connectivity index (χ2n) is 6.34. The zero-order valence-electron chi connectivity index (χ0n) is 11.8. The minimum absolute atomic E-state index is 0.131. The number of hydrogen-bond donors (Lipinski definition) is 1. The Morgan fingerprint density at radius 3 is 2.63 bits per heavy atom. The molecule has 0 unspecified atom stereocenters. The fourth-order valence-electron chi connectivity index (χ4n) is 4.01. The predicted octanol–water partition coefficient (Wildman–Crippen LogP) is 1.55. The van der Waals surface area contributed by atoms with Crippen LogP contribution in [0.4, 0.5) is 0 Å². The number of hydrogen-bond acceptors (Lipinski definition) is 3. The van der Waals surface area contributed by atoms with Crippen molar-refractivity contribution in [2.75, 3.05) is 32.8 Å². The molecule has 1 saturated carbocycles. The number of carbonyl (C=O) groups excluding carboxylic acids is 1. The summed E-state index contributed by atoms with van der Waals surface area (Å²) in [5.74, 6) is 0.623. The van der Waals surface area contributed by atoms with Crippen LogP contribution in [0.25, 0.3) is 0 Å². The first-order chi connectivity index (χ1) is 9.32. The number of rotatable bonds is 1. The van der Waals surface area contributed by atoms with E-state index in [9.17, 15) is 4.79 Å². The molecule has 1 spiro atoms. The van der Waals surface area contributed by atoms with Crippen LogP contribution in [0.5, 0.6) is 0 Å². The van der Waals surface area contributed by atoms with Crippen LogP contribution in [-0.2, 0) is 9.53 Å². The van der Waals surface area contributed by atoms with Gasteiger partial charge in [-0.1, -0.05) is 19.3 Å². The number of amides is 1. The van der Waals surface area contributed by atoms with Gasteiger partial charge in [0.1, 0.15) is 0 Å². The Bertz CT molecular complexity index is 312. The van der Waals surface area contributed by atoms with E-state index < -0.39 is 0 Å². The molecule has 3 rings (SSSR count). The lowest BCUT2D eigenvalue weighted by Crippen LogP contribution is -2.64. The Kier molecular flexibility index (Phi) is 4.08. The molecule has 3 fully saturated rings. The monoisotopic (exact) mass is 266 g/mol. The largest absolute Gasteiger partial charge is 0.381 e. The summed E-state index contributed by atoms with van der Waals surface area (Å²) in [7, 11) is 0. The van der Waals surface area contributed by atoms with E-state index in [1.165, 1.54) is 32.1 Å². The molecule has 3 aliphatic rings.